The second-order valence-corrected chi connectivity index (χ2v) is 8.82. The first-order valence-corrected chi connectivity index (χ1v) is 9.48. The van der Waals surface area contributed by atoms with Crippen molar-refractivity contribution in [3.05, 3.63) is 56.7 Å². The molecule has 1 aliphatic rings. The largest absolute Gasteiger partial charge is 0.618 e. The third-order valence-electron chi connectivity index (χ3n) is 4.88. The Morgan fingerprint density at radius 3 is 2.65 bits per heavy atom. The number of hydrogen-bond donors (Lipinski definition) is 2. The number of carbonyl (C=O) groups is 2. The number of amides is 2. The van der Waals surface area contributed by atoms with Crippen LogP contribution in [-0.2, 0) is 12.8 Å². The van der Waals surface area contributed by atoms with E-state index in [9.17, 15) is 14.8 Å². The number of thiophene rings is 1. The van der Waals surface area contributed by atoms with E-state index in [1.54, 1.807) is 6.07 Å². The Bertz CT molecular complexity index is 839. The molecular formula is C19H23N3O3S. The predicted octanol–water partition coefficient (Wildman–Crippen LogP) is 2.61. The summed E-state index contributed by atoms with van der Waals surface area (Å²) in [5.74, 6) is -0.410. The number of fused-ring (bicyclic) bond motifs is 1. The van der Waals surface area contributed by atoms with E-state index >= 15 is 0 Å². The summed E-state index contributed by atoms with van der Waals surface area (Å²) < 4.78 is 0.456. The Kier molecular flexibility index (Phi) is 5.00. The highest BCUT2D eigenvalue weighted by Gasteiger charge is 2.30. The first-order chi connectivity index (χ1) is 12.3. The first kappa shape index (κ1) is 18.4. The van der Waals surface area contributed by atoms with Crippen LogP contribution in [0.2, 0.25) is 0 Å². The van der Waals surface area contributed by atoms with Crippen LogP contribution in [0.4, 0.5) is 0 Å². The topological polar surface area (TPSA) is 85.1 Å². The van der Waals surface area contributed by atoms with E-state index in [4.69, 9.17) is 0 Å². The minimum Gasteiger partial charge on any atom is -0.618 e. The fourth-order valence-corrected chi connectivity index (χ4v) is 4.32. The predicted molar refractivity (Wildman–Crippen MR) is 99.6 cm³/mol. The molecule has 0 aromatic carbocycles. The van der Waals surface area contributed by atoms with E-state index in [1.165, 1.54) is 40.1 Å². The molecule has 0 fully saturated rings. The molecule has 0 saturated heterocycles. The van der Waals surface area contributed by atoms with Crippen molar-refractivity contribution in [1.82, 2.24) is 10.9 Å². The lowest BCUT2D eigenvalue weighted by atomic mass is 9.72. The molecule has 0 bridgehead atoms. The molecule has 7 heteroatoms. The molecule has 2 heterocycles. The second kappa shape index (κ2) is 7.07. The van der Waals surface area contributed by atoms with Gasteiger partial charge in [0.25, 0.3) is 11.6 Å². The highest BCUT2D eigenvalue weighted by Crippen LogP contribution is 2.40. The molecule has 0 radical (unpaired) electrons. The summed E-state index contributed by atoms with van der Waals surface area (Å²) in [5.41, 5.74) is 6.10. The third kappa shape index (κ3) is 3.88. The van der Waals surface area contributed by atoms with Crippen molar-refractivity contribution in [2.45, 2.75) is 40.0 Å². The van der Waals surface area contributed by atoms with Gasteiger partial charge in [0.05, 0.1) is 4.88 Å². The Morgan fingerprint density at radius 2 is 1.96 bits per heavy atom. The molecule has 2 N–H and O–H groups in total. The number of hydrogen-bond acceptors (Lipinski definition) is 4. The quantitative estimate of drug-likeness (QED) is 0.482. The highest BCUT2D eigenvalue weighted by atomic mass is 32.1. The van der Waals surface area contributed by atoms with Crippen LogP contribution < -0.4 is 15.6 Å². The van der Waals surface area contributed by atoms with Crippen LogP contribution in [0.5, 0.6) is 0 Å². The van der Waals surface area contributed by atoms with Gasteiger partial charge in [-0.05, 0) is 48.3 Å². The molecule has 26 heavy (non-hydrogen) atoms. The summed E-state index contributed by atoms with van der Waals surface area (Å²) in [4.78, 5) is 26.2. The van der Waals surface area contributed by atoms with Gasteiger partial charge in [0.1, 0.15) is 0 Å². The van der Waals surface area contributed by atoms with Crippen LogP contribution in [0.15, 0.2) is 30.5 Å². The molecule has 0 saturated carbocycles. The van der Waals surface area contributed by atoms with E-state index in [2.05, 4.69) is 31.6 Å². The molecule has 1 atom stereocenters. The summed E-state index contributed by atoms with van der Waals surface area (Å²) in [6, 6.07) is 6.44. The average molecular weight is 373 g/mol. The van der Waals surface area contributed by atoms with Crippen molar-refractivity contribution in [1.29, 1.82) is 0 Å². The normalized spacial score (nSPS) is 16.7. The summed E-state index contributed by atoms with van der Waals surface area (Å²) in [6.07, 6.45) is 4.33. The van der Waals surface area contributed by atoms with Crippen LogP contribution in [-0.4, -0.2) is 11.8 Å². The van der Waals surface area contributed by atoms with Gasteiger partial charge in [-0.2, -0.15) is 4.73 Å². The molecule has 2 amide bonds. The van der Waals surface area contributed by atoms with Gasteiger partial charge in [0.2, 0.25) is 0 Å². The Balaban J connectivity index is 1.64. The number of hydrazine groups is 1. The molecule has 3 rings (SSSR count). The van der Waals surface area contributed by atoms with Gasteiger partial charge >= 0.3 is 5.91 Å². The molecule has 0 spiro atoms. The van der Waals surface area contributed by atoms with E-state index in [-0.39, 0.29) is 17.0 Å². The Morgan fingerprint density at radius 1 is 1.23 bits per heavy atom. The van der Waals surface area contributed by atoms with Crippen molar-refractivity contribution >= 4 is 23.2 Å². The summed E-state index contributed by atoms with van der Waals surface area (Å²) in [5, 5.41) is 11.6. The van der Waals surface area contributed by atoms with Gasteiger partial charge in [-0.1, -0.05) is 20.8 Å². The monoisotopic (exact) mass is 373 g/mol. The van der Waals surface area contributed by atoms with Crippen LogP contribution in [0.25, 0.3) is 0 Å². The van der Waals surface area contributed by atoms with E-state index in [1.807, 2.05) is 6.07 Å². The standard InChI is InChI=1S/C19H23N3O3S/c1-19(2,3)13-7-8-15-12(10-13)11-16(26-15)18(24)21-20-17(23)14-6-4-5-9-22(14)25/h4-6,9,11,13H,7-8,10H2,1-3H3,(H,20,23)(H,21,24). The zero-order chi connectivity index (χ0) is 18.9. The number of carbonyl (C=O) groups excluding carboxylic acids is 2. The van der Waals surface area contributed by atoms with Crippen LogP contribution in [0.1, 0.15) is 57.8 Å². The number of rotatable bonds is 2. The first-order valence-electron chi connectivity index (χ1n) is 8.66. The lowest BCUT2D eigenvalue weighted by molar-refractivity contribution is -0.607. The SMILES string of the molecule is CC(C)(C)C1CCc2sc(C(=O)NNC(=O)c3cccc[n+]3[O-])cc2C1. The second-order valence-electron chi connectivity index (χ2n) is 7.68. The molecular weight excluding hydrogens is 350 g/mol. The Labute approximate surface area is 156 Å². The van der Waals surface area contributed by atoms with Crippen LogP contribution >= 0.6 is 11.3 Å². The maximum absolute atomic E-state index is 12.4. The van der Waals surface area contributed by atoms with Crippen molar-refractivity contribution in [3.8, 4) is 0 Å². The van der Waals surface area contributed by atoms with Gasteiger partial charge in [-0.3, -0.25) is 20.4 Å². The molecule has 1 aliphatic carbocycles. The third-order valence-corrected chi connectivity index (χ3v) is 6.11. The number of pyridine rings is 1. The van der Waals surface area contributed by atoms with E-state index in [0.29, 0.717) is 15.5 Å². The number of nitrogens with one attached hydrogen (secondary N) is 2. The fourth-order valence-electron chi connectivity index (χ4n) is 3.22. The van der Waals surface area contributed by atoms with Crippen LogP contribution in [0.3, 0.4) is 0 Å². The van der Waals surface area contributed by atoms with Crippen molar-refractivity contribution in [3.63, 3.8) is 0 Å². The van der Waals surface area contributed by atoms with Gasteiger partial charge in [-0.25, -0.2) is 0 Å². The zero-order valence-corrected chi connectivity index (χ0v) is 16.0. The zero-order valence-electron chi connectivity index (χ0n) is 15.2. The number of aromatic nitrogens is 1. The molecule has 6 nitrogen and oxygen atoms in total. The molecule has 1 unspecified atom stereocenters. The van der Waals surface area contributed by atoms with Crippen molar-refractivity contribution < 1.29 is 14.3 Å². The fraction of sp³-hybridized carbons (Fsp3) is 0.421. The van der Waals surface area contributed by atoms with E-state index in [0.717, 1.165) is 19.3 Å². The smallest absolute Gasteiger partial charge is 0.335 e. The van der Waals surface area contributed by atoms with Gasteiger partial charge in [0, 0.05) is 17.0 Å². The lowest BCUT2D eigenvalue weighted by Crippen LogP contribution is -2.46. The summed E-state index contributed by atoms with van der Waals surface area (Å²) >= 11 is 1.48. The van der Waals surface area contributed by atoms with Crippen molar-refractivity contribution in [2.75, 3.05) is 0 Å². The highest BCUT2D eigenvalue weighted by molar-refractivity contribution is 7.14. The minimum absolute atomic E-state index is 0.0775. The maximum atomic E-state index is 12.4. The molecule has 138 valence electrons. The van der Waals surface area contributed by atoms with Crippen LogP contribution in [0, 0.1) is 16.5 Å². The van der Waals surface area contributed by atoms with E-state index < -0.39 is 5.91 Å². The van der Waals surface area contributed by atoms with Gasteiger partial charge < -0.3 is 5.21 Å². The average Bonchev–Trinajstić information content (AvgIpc) is 3.02. The molecule has 2 aromatic rings. The molecule has 2 aromatic heterocycles. The van der Waals surface area contributed by atoms with Gasteiger partial charge in [0.15, 0.2) is 6.20 Å². The number of aryl methyl sites for hydroxylation is 1. The van der Waals surface area contributed by atoms with Crippen molar-refractivity contribution in [2.24, 2.45) is 11.3 Å². The van der Waals surface area contributed by atoms with Gasteiger partial charge in [-0.15, -0.1) is 11.3 Å². The number of nitrogens with zero attached hydrogens (tertiary/aromatic N) is 1. The summed E-state index contributed by atoms with van der Waals surface area (Å²) in [6.45, 7) is 6.76. The maximum Gasteiger partial charge on any atom is 0.335 e. The Hall–Kier alpha value is -2.41. The summed E-state index contributed by atoms with van der Waals surface area (Å²) in [7, 11) is 0. The minimum atomic E-state index is -0.650. The lowest BCUT2D eigenvalue weighted by Gasteiger charge is -2.33. The molecule has 0 aliphatic heterocycles.